The van der Waals surface area contributed by atoms with E-state index in [1.807, 2.05) is 13.0 Å². The third kappa shape index (κ3) is 3.35. The maximum absolute atomic E-state index is 11.9. The number of carbonyl (C=O) groups is 1. The van der Waals surface area contributed by atoms with Crippen LogP contribution in [0.2, 0.25) is 0 Å². The monoisotopic (exact) mass is 407 g/mol. The van der Waals surface area contributed by atoms with Crippen LogP contribution in [0.25, 0.3) is 4.96 Å². The quantitative estimate of drug-likeness (QED) is 0.629. The number of likely N-dealkylation sites (tertiary alicyclic amines) is 1. The molecule has 0 unspecified atom stereocenters. The first kappa shape index (κ1) is 18.4. The fourth-order valence-corrected chi connectivity index (χ4v) is 5.90. The van der Waals surface area contributed by atoms with Gasteiger partial charge in [0.1, 0.15) is 4.88 Å². The van der Waals surface area contributed by atoms with E-state index in [0.717, 1.165) is 48.0 Å². The van der Waals surface area contributed by atoms with Crippen LogP contribution < -0.4 is 4.90 Å². The largest absolute Gasteiger partial charge is 0.492 e. The molecule has 4 rings (SSSR count). The van der Waals surface area contributed by atoms with E-state index in [1.54, 1.807) is 15.9 Å². The summed E-state index contributed by atoms with van der Waals surface area (Å²) in [5.41, 5.74) is 0. The van der Waals surface area contributed by atoms with Crippen LogP contribution in [0.4, 0.5) is 0 Å². The van der Waals surface area contributed by atoms with Crippen molar-refractivity contribution in [1.29, 1.82) is 0 Å². The zero-order valence-corrected chi connectivity index (χ0v) is 17.0. The number of esters is 1. The van der Waals surface area contributed by atoms with E-state index >= 15 is 0 Å². The molecule has 0 saturated carbocycles. The van der Waals surface area contributed by atoms with Gasteiger partial charge in [-0.2, -0.15) is 4.52 Å². The summed E-state index contributed by atoms with van der Waals surface area (Å²) >= 11 is 3.20. The lowest BCUT2D eigenvalue weighted by Gasteiger charge is -2.33. The van der Waals surface area contributed by atoms with Crippen molar-refractivity contribution in [3.63, 3.8) is 0 Å². The fourth-order valence-electron chi connectivity index (χ4n) is 3.78. The van der Waals surface area contributed by atoms with Crippen LogP contribution in [-0.2, 0) is 16.0 Å². The molecule has 0 aliphatic carbocycles. The second kappa shape index (κ2) is 7.57. The number of hydrogen-bond acceptors (Lipinski definition) is 7. The third-order valence-corrected chi connectivity index (χ3v) is 7.24. The normalized spacial score (nSPS) is 21.4. The van der Waals surface area contributed by atoms with Crippen LogP contribution in [0.3, 0.4) is 0 Å². The smallest absolute Gasteiger partial charge is 0.309 e. The van der Waals surface area contributed by atoms with Gasteiger partial charge in [-0.3, -0.25) is 4.79 Å². The Bertz CT molecular complexity index is 926. The van der Waals surface area contributed by atoms with Crippen LogP contribution >= 0.6 is 22.7 Å². The highest BCUT2D eigenvalue weighted by atomic mass is 32.1. The van der Waals surface area contributed by atoms with Gasteiger partial charge in [0.25, 0.3) is 0 Å². The van der Waals surface area contributed by atoms with Gasteiger partial charge in [0, 0.05) is 19.3 Å². The van der Waals surface area contributed by atoms with Crippen molar-refractivity contribution in [2.45, 2.75) is 32.2 Å². The second-order valence-corrected chi connectivity index (χ2v) is 8.76. The summed E-state index contributed by atoms with van der Waals surface area (Å²) in [6.45, 7) is 3.71. The number of fused-ring (bicyclic) bond motifs is 1. The molecule has 2 N–H and O–H groups in total. The van der Waals surface area contributed by atoms with Crippen LogP contribution in [0.15, 0.2) is 17.5 Å². The summed E-state index contributed by atoms with van der Waals surface area (Å²) in [7, 11) is 1.45. The molecule has 1 aliphatic rings. The number of hydrogen-bond donors (Lipinski definition) is 2. The molecule has 27 heavy (non-hydrogen) atoms. The molecular formula is C18H23N4O3S2+. The van der Waals surface area contributed by atoms with Gasteiger partial charge in [0.15, 0.2) is 11.9 Å². The molecule has 1 fully saturated rings. The summed E-state index contributed by atoms with van der Waals surface area (Å²) in [5.74, 6) is 0.784. The number of ether oxygens (including phenoxy) is 1. The number of thiophene rings is 1. The molecule has 144 valence electrons. The molecule has 1 saturated heterocycles. The van der Waals surface area contributed by atoms with Gasteiger partial charge in [-0.25, -0.2) is 4.98 Å². The topological polar surface area (TPSA) is 81.2 Å². The van der Waals surface area contributed by atoms with E-state index in [4.69, 9.17) is 4.74 Å². The van der Waals surface area contributed by atoms with E-state index in [1.165, 1.54) is 28.2 Å². The molecule has 7 nitrogen and oxygen atoms in total. The summed E-state index contributed by atoms with van der Waals surface area (Å²) in [5, 5.41) is 17.3. The number of aromatic nitrogens is 3. The molecule has 0 bridgehead atoms. The van der Waals surface area contributed by atoms with Crippen LogP contribution in [0, 0.1) is 5.92 Å². The van der Waals surface area contributed by atoms with Gasteiger partial charge < -0.3 is 14.7 Å². The molecule has 1 atom stereocenters. The Kier molecular flexibility index (Phi) is 5.16. The minimum absolute atomic E-state index is 0.0224. The number of piperidine rings is 1. The number of quaternary nitrogens is 1. The second-order valence-electron chi connectivity index (χ2n) is 6.77. The first-order valence-corrected chi connectivity index (χ1v) is 10.8. The lowest BCUT2D eigenvalue weighted by atomic mass is 9.95. The van der Waals surface area contributed by atoms with Gasteiger partial charge in [0.05, 0.1) is 31.0 Å². The summed E-state index contributed by atoms with van der Waals surface area (Å²) in [6.07, 6.45) is 2.33. The minimum Gasteiger partial charge on any atom is -0.492 e. The van der Waals surface area contributed by atoms with Crippen molar-refractivity contribution in [2.24, 2.45) is 5.92 Å². The predicted octanol–water partition coefficient (Wildman–Crippen LogP) is 1.68. The predicted molar refractivity (Wildman–Crippen MR) is 104 cm³/mol. The number of thiazole rings is 1. The van der Waals surface area contributed by atoms with Crippen molar-refractivity contribution in [1.82, 2.24) is 14.6 Å². The van der Waals surface area contributed by atoms with E-state index in [-0.39, 0.29) is 23.8 Å². The first-order valence-electron chi connectivity index (χ1n) is 9.15. The molecule has 0 spiro atoms. The molecular weight excluding hydrogens is 384 g/mol. The van der Waals surface area contributed by atoms with Crippen LogP contribution in [0.5, 0.6) is 5.88 Å². The third-order valence-electron chi connectivity index (χ3n) is 5.22. The minimum atomic E-state index is -0.115. The molecule has 1 aliphatic heterocycles. The summed E-state index contributed by atoms with van der Waals surface area (Å²) in [6, 6.07) is 4.18. The summed E-state index contributed by atoms with van der Waals surface area (Å²) in [4.78, 5) is 20.5. The van der Waals surface area contributed by atoms with Gasteiger partial charge >= 0.3 is 5.97 Å². The Morgan fingerprint density at radius 2 is 2.26 bits per heavy atom. The number of carbonyl (C=O) groups excluding carboxylic acids is 1. The summed E-state index contributed by atoms with van der Waals surface area (Å²) < 4.78 is 6.46. The maximum atomic E-state index is 11.9. The van der Waals surface area contributed by atoms with Crippen molar-refractivity contribution >= 4 is 33.6 Å². The van der Waals surface area contributed by atoms with Crippen molar-refractivity contribution < 1.29 is 19.5 Å². The molecule has 0 aromatic carbocycles. The number of aromatic hydroxyl groups is 1. The lowest BCUT2D eigenvalue weighted by Crippen LogP contribution is -3.13. The molecule has 3 aromatic rings. The average Bonchev–Trinajstić information content (AvgIpc) is 3.41. The van der Waals surface area contributed by atoms with Crippen molar-refractivity contribution in [3.05, 3.63) is 33.1 Å². The number of aryl methyl sites for hydroxylation is 1. The standard InChI is InChI=1S/C18H22N4O3S2/c1-3-13-19-18-22(20-13)16(23)15(27-18)14(12-5-4-10-26-12)21-8-6-11(7-9-21)17(24)25-2/h4-5,10-11,14,23H,3,6-9H2,1-2H3/p+1/t14-/m0/s1. The lowest BCUT2D eigenvalue weighted by molar-refractivity contribution is -0.930. The highest BCUT2D eigenvalue weighted by Crippen LogP contribution is 2.36. The van der Waals surface area contributed by atoms with Crippen molar-refractivity contribution in [3.8, 4) is 5.88 Å². The van der Waals surface area contributed by atoms with Crippen molar-refractivity contribution in [2.75, 3.05) is 20.2 Å². The molecule has 3 aromatic heterocycles. The van der Waals surface area contributed by atoms with E-state index in [2.05, 4.69) is 21.5 Å². The highest BCUT2D eigenvalue weighted by molar-refractivity contribution is 7.17. The molecule has 4 heterocycles. The number of nitrogens with one attached hydrogen (secondary N) is 1. The number of nitrogens with zero attached hydrogens (tertiary/aromatic N) is 3. The van der Waals surface area contributed by atoms with Crippen LogP contribution in [0.1, 0.15) is 41.4 Å². The Labute approximate surface area is 165 Å². The maximum Gasteiger partial charge on any atom is 0.309 e. The first-order chi connectivity index (χ1) is 13.1. The van der Waals surface area contributed by atoms with Gasteiger partial charge in [-0.05, 0) is 11.4 Å². The number of methoxy groups -OCH3 is 1. The van der Waals surface area contributed by atoms with Gasteiger partial charge in [-0.15, -0.1) is 16.4 Å². The molecule has 0 radical (unpaired) electrons. The molecule has 9 heteroatoms. The fraction of sp³-hybridized carbons (Fsp3) is 0.500. The molecule has 0 amide bonds. The van der Waals surface area contributed by atoms with E-state index in [0.29, 0.717) is 0 Å². The SMILES string of the molecule is CCc1nc2sc([C@H](c3cccs3)[NH+]3CCC(C(=O)OC)CC3)c(O)n2n1. The highest BCUT2D eigenvalue weighted by Gasteiger charge is 2.37. The van der Waals surface area contributed by atoms with Gasteiger partial charge in [0.2, 0.25) is 10.8 Å². The van der Waals surface area contributed by atoms with E-state index in [9.17, 15) is 9.90 Å². The number of rotatable bonds is 5. The Balaban J connectivity index is 1.66. The Morgan fingerprint density at radius 1 is 1.48 bits per heavy atom. The van der Waals surface area contributed by atoms with E-state index < -0.39 is 0 Å². The van der Waals surface area contributed by atoms with Crippen LogP contribution in [-0.4, -0.2) is 45.9 Å². The Morgan fingerprint density at radius 3 is 2.85 bits per heavy atom. The Hall–Kier alpha value is -1.97. The zero-order valence-electron chi connectivity index (χ0n) is 15.3. The zero-order chi connectivity index (χ0) is 19.0. The average molecular weight is 408 g/mol. The van der Waals surface area contributed by atoms with Gasteiger partial charge in [-0.1, -0.05) is 24.3 Å².